The van der Waals surface area contributed by atoms with Gasteiger partial charge in [-0.05, 0) is 36.9 Å². The van der Waals surface area contributed by atoms with Gasteiger partial charge >= 0.3 is 0 Å². The van der Waals surface area contributed by atoms with E-state index in [2.05, 4.69) is 11.4 Å². The summed E-state index contributed by atoms with van der Waals surface area (Å²) in [6.45, 7) is 3.63. The summed E-state index contributed by atoms with van der Waals surface area (Å²) in [5.41, 5.74) is 1.38. The number of benzene rings is 1. The van der Waals surface area contributed by atoms with Crippen molar-refractivity contribution >= 4 is 0 Å². The van der Waals surface area contributed by atoms with Gasteiger partial charge in [-0.1, -0.05) is 6.92 Å². The lowest BCUT2D eigenvalue weighted by molar-refractivity contribution is 0.413. The number of nitrogens with zero attached hydrogens (tertiary/aromatic N) is 1. The van der Waals surface area contributed by atoms with Crippen LogP contribution in [0.2, 0.25) is 0 Å². The van der Waals surface area contributed by atoms with Gasteiger partial charge in [-0.15, -0.1) is 0 Å². The van der Waals surface area contributed by atoms with E-state index in [4.69, 9.17) is 14.4 Å². The summed E-state index contributed by atoms with van der Waals surface area (Å²) >= 11 is 0. The standard InChI is InChI=1S/C15H16N2O2/c1-3-17-10-12-5-7-15(19-12)13-8-11(9-16)4-6-14(13)18-2/h4-8,17H,3,10H2,1-2H3. The molecule has 1 aromatic carbocycles. The minimum absolute atomic E-state index is 0.584. The molecule has 0 aliphatic carbocycles. The summed E-state index contributed by atoms with van der Waals surface area (Å²) in [6, 6.07) is 11.2. The Morgan fingerprint density at radius 1 is 1.32 bits per heavy atom. The molecule has 0 saturated heterocycles. The minimum Gasteiger partial charge on any atom is -0.496 e. The van der Waals surface area contributed by atoms with Gasteiger partial charge in [0.05, 0.1) is 30.9 Å². The lowest BCUT2D eigenvalue weighted by Crippen LogP contribution is -2.10. The van der Waals surface area contributed by atoms with E-state index in [9.17, 15) is 0 Å². The SMILES string of the molecule is CCNCc1ccc(-c2cc(C#N)ccc2OC)o1. The van der Waals surface area contributed by atoms with Crippen LogP contribution in [0.25, 0.3) is 11.3 Å². The fourth-order valence-electron chi connectivity index (χ4n) is 1.84. The fraction of sp³-hybridized carbons (Fsp3) is 0.267. The average Bonchev–Trinajstić information content (AvgIpc) is 2.93. The highest BCUT2D eigenvalue weighted by Crippen LogP contribution is 2.32. The van der Waals surface area contributed by atoms with E-state index in [0.717, 1.165) is 17.9 Å². The molecule has 4 heteroatoms. The van der Waals surface area contributed by atoms with Crippen molar-refractivity contribution in [3.63, 3.8) is 0 Å². The van der Waals surface area contributed by atoms with E-state index in [-0.39, 0.29) is 0 Å². The molecule has 0 atom stereocenters. The molecule has 0 saturated carbocycles. The maximum Gasteiger partial charge on any atom is 0.138 e. The first-order chi connectivity index (χ1) is 9.28. The Balaban J connectivity index is 2.34. The van der Waals surface area contributed by atoms with Crippen LogP contribution >= 0.6 is 0 Å². The second kappa shape index (κ2) is 6.07. The normalized spacial score (nSPS) is 10.2. The molecule has 1 aromatic heterocycles. The van der Waals surface area contributed by atoms with E-state index >= 15 is 0 Å². The minimum atomic E-state index is 0.584. The third-order valence-electron chi connectivity index (χ3n) is 2.80. The molecule has 0 aliphatic heterocycles. The first kappa shape index (κ1) is 13.2. The molecule has 1 heterocycles. The van der Waals surface area contributed by atoms with Crippen molar-refractivity contribution < 1.29 is 9.15 Å². The molecule has 4 nitrogen and oxygen atoms in total. The van der Waals surface area contributed by atoms with Crippen molar-refractivity contribution in [2.75, 3.05) is 13.7 Å². The van der Waals surface area contributed by atoms with Crippen molar-refractivity contribution in [3.8, 4) is 23.1 Å². The molecule has 98 valence electrons. The molecule has 0 amide bonds. The summed E-state index contributed by atoms with van der Waals surface area (Å²) in [6.07, 6.45) is 0. The van der Waals surface area contributed by atoms with Gasteiger partial charge in [0.2, 0.25) is 0 Å². The third-order valence-corrected chi connectivity index (χ3v) is 2.80. The van der Waals surface area contributed by atoms with E-state index in [0.29, 0.717) is 23.6 Å². The predicted octanol–water partition coefficient (Wildman–Crippen LogP) is 2.94. The molecule has 19 heavy (non-hydrogen) atoms. The van der Waals surface area contributed by atoms with Crippen molar-refractivity contribution in [1.29, 1.82) is 5.26 Å². The lowest BCUT2D eigenvalue weighted by atomic mass is 10.1. The molecule has 0 radical (unpaired) electrons. The van der Waals surface area contributed by atoms with Crippen LogP contribution in [0.5, 0.6) is 5.75 Å². The van der Waals surface area contributed by atoms with E-state index in [1.54, 1.807) is 25.3 Å². The Morgan fingerprint density at radius 2 is 2.16 bits per heavy atom. The van der Waals surface area contributed by atoms with E-state index in [1.807, 2.05) is 19.1 Å². The first-order valence-corrected chi connectivity index (χ1v) is 6.16. The van der Waals surface area contributed by atoms with Crippen LogP contribution in [0.3, 0.4) is 0 Å². The van der Waals surface area contributed by atoms with Crippen molar-refractivity contribution in [2.24, 2.45) is 0 Å². The van der Waals surface area contributed by atoms with Gasteiger partial charge in [0.15, 0.2) is 0 Å². The van der Waals surface area contributed by atoms with Crippen LogP contribution in [-0.4, -0.2) is 13.7 Å². The first-order valence-electron chi connectivity index (χ1n) is 6.16. The number of nitriles is 1. The van der Waals surface area contributed by atoms with Gasteiger partial charge in [0.25, 0.3) is 0 Å². The maximum absolute atomic E-state index is 8.96. The summed E-state index contributed by atoms with van der Waals surface area (Å²) < 4.78 is 11.1. The number of nitrogens with one attached hydrogen (secondary N) is 1. The van der Waals surface area contributed by atoms with Gasteiger partial charge in [-0.3, -0.25) is 0 Å². The van der Waals surface area contributed by atoms with Crippen LogP contribution < -0.4 is 10.1 Å². The van der Waals surface area contributed by atoms with E-state index < -0.39 is 0 Å². The molecule has 0 unspecified atom stereocenters. The van der Waals surface area contributed by atoms with Gasteiger partial charge in [0, 0.05) is 0 Å². The average molecular weight is 256 g/mol. The number of methoxy groups -OCH3 is 1. The topological polar surface area (TPSA) is 58.2 Å². The Morgan fingerprint density at radius 3 is 2.84 bits per heavy atom. The fourth-order valence-corrected chi connectivity index (χ4v) is 1.84. The van der Waals surface area contributed by atoms with Crippen LogP contribution in [0.1, 0.15) is 18.2 Å². The smallest absolute Gasteiger partial charge is 0.138 e. The quantitative estimate of drug-likeness (QED) is 0.893. The van der Waals surface area contributed by atoms with Crippen LogP contribution in [-0.2, 0) is 6.54 Å². The molecule has 0 spiro atoms. The van der Waals surface area contributed by atoms with Crippen molar-refractivity contribution in [2.45, 2.75) is 13.5 Å². The molecule has 0 aliphatic rings. The lowest BCUT2D eigenvalue weighted by Gasteiger charge is -2.06. The zero-order valence-electron chi connectivity index (χ0n) is 11.1. The van der Waals surface area contributed by atoms with Gasteiger partial charge in [0.1, 0.15) is 17.3 Å². The van der Waals surface area contributed by atoms with Crippen LogP contribution in [0.4, 0.5) is 0 Å². The Bertz CT molecular complexity index is 596. The highest BCUT2D eigenvalue weighted by atomic mass is 16.5. The molecule has 0 bridgehead atoms. The summed E-state index contributed by atoms with van der Waals surface area (Å²) in [7, 11) is 1.60. The number of furan rings is 1. The summed E-state index contributed by atoms with van der Waals surface area (Å²) in [5, 5.41) is 12.2. The highest BCUT2D eigenvalue weighted by molar-refractivity contribution is 5.68. The zero-order chi connectivity index (χ0) is 13.7. The van der Waals surface area contributed by atoms with Crippen molar-refractivity contribution in [1.82, 2.24) is 5.32 Å². The number of hydrogen-bond acceptors (Lipinski definition) is 4. The van der Waals surface area contributed by atoms with Crippen molar-refractivity contribution in [3.05, 3.63) is 41.7 Å². The summed E-state index contributed by atoms with van der Waals surface area (Å²) in [5.74, 6) is 2.27. The monoisotopic (exact) mass is 256 g/mol. The molecule has 2 aromatic rings. The second-order valence-corrected chi connectivity index (χ2v) is 4.07. The molecule has 0 fully saturated rings. The summed E-state index contributed by atoms with van der Waals surface area (Å²) in [4.78, 5) is 0. The predicted molar refractivity (Wildman–Crippen MR) is 72.8 cm³/mol. The van der Waals surface area contributed by atoms with E-state index in [1.165, 1.54) is 0 Å². The zero-order valence-corrected chi connectivity index (χ0v) is 11.1. The molecular formula is C15H16N2O2. The Hall–Kier alpha value is -2.25. The van der Waals surface area contributed by atoms with Crippen LogP contribution in [0.15, 0.2) is 34.7 Å². The van der Waals surface area contributed by atoms with Gasteiger partial charge < -0.3 is 14.5 Å². The molecule has 1 N–H and O–H groups in total. The number of rotatable bonds is 5. The molecule has 2 rings (SSSR count). The Labute approximate surface area is 112 Å². The van der Waals surface area contributed by atoms with Gasteiger partial charge in [-0.25, -0.2) is 0 Å². The second-order valence-electron chi connectivity index (χ2n) is 4.07. The largest absolute Gasteiger partial charge is 0.496 e. The maximum atomic E-state index is 8.96. The third kappa shape index (κ3) is 2.95. The van der Waals surface area contributed by atoms with Gasteiger partial charge in [-0.2, -0.15) is 5.26 Å². The Kier molecular flexibility index (Phi) is 4.22. The number of ether oxygens (including phenoxy) is 1. The van der Waals surface area contributed by atoms with Crippen LogP contribution in [0, 0.1) is 11.3 Å². The highest BCUT2D eigenvalue weighted by Gasteiger charge is 2.11. The molecular weight excluding hydrogens is 240 g/mol. The number of hydrogen-bond donors (Lipinski definition) is 1.